The fraction of sp³-hybridized carbons (Fsp3) is 1.00. The van der Waals surface area contributed by atoms with Crippen molar-refractivity contribution in [2.24, 2.45) is 0 Å². The van der Waals surface area contributed by atoms with Crippen LogP contribution in [0.5, 0.6) is 0 Å². The molecule has 0 aliphatic carbocycles. The molecular weight excluding hydrogens is 146 g/mol. The van der Waals surface area contributed by atoms with Gasteiger partial charge in [0.25, 0.3) is 0 Å². The van der Waals surface area contributed by atoms with Crippen molar-refractivity contribution < 1.29 is 8.76 Å². The van der Waals surface area contributed by atoms with Crippen molar-refractivity contribution in [1.29, 1.82) is 0 Å². The van der Waals surface area contributed by atoms with Crippen molar-refractivity contribution >= 4 is 23.0 Å². The highest BCUT2D eigenvalue weighted by Gasteiger charge is 2.21. The summed E-state index contributed by atoms with van der Waals surface area (Å²) in [5.74, 6) is 1.10. The van der Waals surface area contributed by atoms with Crippen LogP contribution in [-0.4, -0.2) is 26.3 Å². The molecule has 1 heterocycles. The molecule has 8 heavy (non-hydrogen) atoms. The normalized spacial score (nSPS) is 29.9. The first-order valence-corrected chi connectivity index (χ1v) is 4.36. The highest BCUT2D eigenvalue weighted by molar-refractivity contribution is 8.06. The van der Waals surface area contributed by atoms with E-state index in [9.17, 15) is 8.76 Å². The predicted molar refractivity (Wildman–Crippen MR) is 33.2 cm³/mol. The van der Waals surface area contributed by atoms with E-state index in [1.807, 2.05) is 0 Å². The molecule has 0 aromatic rings. The Labute approximate surface area is 54.6 Å². The summed E-state index contributed by atoms with van der Waals surface area (Å²) in [5, 5.41) is 0.549. The van der Waals surface area contributed by atoms with Crippen LogP contribution in [0.4, 0.5) is 0 Å². The molecule has 3 nitrogen and oxygen atoms in total. The molecular formula is C3H6NO2S2-. The van der Waals surface area contributed by atoms with E-state index in [2.05, 4.69) is 4.72 Å². The molecule has 0 aromatic heterocycles. The topological polar surface area (TPSA) is 52.2 Å². The van der Waals surface area contributed by atoms with Gasteiger partial charge in [0.2, 0.25) is 0 Å². The molecule has 0 spiro atoms. The first kappa shape index (κ1) is 6.54. The van der Waals surface area contributed by atoms with Gasteiger partial charge in [0.15, 0.2) is 0 Å². The van der Waals surface area contributed by atoms with Crippen LogP contribution in [0.1, 0.15) is 0 Å². The molecule has 0 amide bonds. The molecule has 0 bridgehead atoms. The molecule has 0 saturated carbocycles. The molecule has 2 unspecified atom stereocenters. The molecule has 48 valence electrons. The second-order valence-corrected chi connectivity index (χ2v) is 3.63. The SMILES string of the molecule is O=S([O-])NCC1CS1. The molecule has 0 radical (unpaired) electrons. The molecule has 1 N–H and O–H groups in total. The second-order valence-electron chi connectivity index (χ2n) is 1.54. The summed E-state index contributed by atoms with van der Waals surface area (Å²) in [6.45, 7) is 0.598. The summed E-state index contributed by atoms with van der Waals surface area (Å²) in [6.07, 6.45) is 0. The summed E-state index contributed by atoms with van der Waals surface area (Å²) in [7, 11) is 0. The average molecular weight is 152 g/mol. The van der Waals surface area contributed by atoms with Gasteiger partial charge < -0.3 is 4.55 Å². The van der Waals surface area contributed by atoms with Gasteiger partial charge in [-0.3, -0.25) is 4.21 Å². The van der Waals surface area contributed by atoms with Crippen molar-refractivity contribution in [2.75, 3.05) is 12.3 Å². The van der Waals surface area contributed by atoms with E-state index in [-0.39, 0.29) is 0 Å². The van der Waals surface area contributed by atoms with E-state index in [1.54, 1.807) is 11.8 Å². The van der Waals surface area contributed by atoms with Crippen LogP contribution >= 0.6 is 11.8 Å². The highest BCUT2D eigenvalue weighted by atomic mass is 32.2. The number of hydrogen-bond acceptors (Lipinski definition) is 3. The van der Waals surface area contributed by atoms with Crippen molar-refractivity contribution in [1.82, 2.24) is 4.72 Å². The first-order valence-electron chi connectivity index (χ1n) is 2.23. The minimum Gasteiger partial charge on any atom is -0.760 e. The van der Waals surface area contributed by atoms with Gasteiger partial charge in [-0.2, -0.15) is 11.8 Å². The molecule has 2 atom stereocenters. The number of thioether (sulfide) groups is 1. The minimum absolute atomic E-state index is 0.549. The Balaban J connectivity index is 1.95. The summed E-state index contributed by atoms with van der Waals surface area (Å²) < 4.78 is 21.9. The predicted octanol–water partition coefficient (Wildman–Crippen LogP) is -0.515. The van der Waals surface area contributed by atoms with Crippen LogP contribution in [0.2, 0.25) is 0 Å². The van der Waals surface area contributed by atoms with E-state index < -0.39 is 11.3 Å². The highest BCUT2D eigenvalue weighted by Crippen LogP contribution is 2.28. The molecule has 1 aliphatic rings. The third-order valence-electron chi connectivity index (χ3n) is 0.831. The summed E-state index contributed by atoms with van der Waals surface area (Å²) in [5.41, 5.74) is 0. The van der Waals surface area contributed by atoms with Crippen LogP contribution in [0, 0.1) is 0 Å². The van der Waals surface area contributed by atoms with Gasteiger partial charge in [0.05, 0.1) is 0 Å². The molecule has 1 rings (SSSR count). The van der Waals surface area contributed by atoms with E-state index >= 15 is 0 Å². The van der Waals surface area contributed by atoms with E-state index in [4.69, 9.17) is 0 Å². The van der Waals surface area contributed by atoms with Crippen LogP contribution in [0.15, 0.2) is 0 Å². The maximum Gasteiger partial charge on any atom is 0.0273 e. The van der Waals surface area contributed by atoms with Gasteiger partial charge in [-0.05, 0) is 0 Å². The molecule has 0 aromatic carbocycles. The summed E-state index contributed by atoms with van der Waals surface area (Å²) in [4.78, 5) is 0. The lowest BCUT2D eigenvalue weighted by molar-refractivity contribution is 0.524. The zero-order valence-electron chi connectivity index (χ0n) is 4.12. The largest absolute Gasteiger partial charge is 0.760 e. The minimum atomic E-state index is -2.06. The van der Waals surface area contributed by atoms with E-state index in [0.29, 0.717) is 11.8 Å². The fourth-order valence-corrected chi connectivity index (χ4v) is 1.24. The molecule has 1 saturated heterocycles. The Morgan fingerprint density at radius 1 is 2.00 bits per heavy atom. The average Bonchev–Trinajstić information content (AvgIpc) is 2.41. The first-order chi connectivity index (χ1) is 3.79. The van der Waals surface area contributed by atoms with Gasteiger partial charge in [0.1, 0.15) is 0 Å². The maximum absolute atomic E-state index is 9.81. The molecule has 1 aliphatic heterocycles. The summed E-state index contributed by atoms with van der Waals surface area (Å²) in [6, 6.07) is 0. The van der Waals surface area contributed by atoms with Gasteiger partial charge in [0, 0.05) is 28.8 Å². The Bertz CT molecular complexity index is 103. The van der Waals surface area contributed by atoms with Crippen LogP contribution in [-0.2, 0) is 11.3 Å². The Hall–Kier alpha value is 0.420. The summed E-state index contributed by atoms with van der Waals surface area (Å²) >= 11 is -0.285. The van der Waals surface area contributed by atoms with E-state index in [1.165, 1.54) is 0 Å². The number of hydrogen-bond donors (Lipinski definition) is 1. The fourth-order valence-electron chi connectivity index (χ4n) is 0.347. The Morgan fingerprint density at radius 2 is 2.62 bits per heavy atom. The monoisotopic (exact) mass is 152 g/mol. The molecule has 1 fully saturated rings. The van der Waals surface area contributed by atoms with Crippen molar-refractivity contribution in [2.45, 2.75) is 5.25 Å². The quantitative estimate of drug-likeness (QED) is 0.437. The Morgan fingerprint density at radius 3 is 3.00 bits per heavy atom. The maximum atomic E-state index is 9.81. The lowest BCUT2D eigenvalue weighted by atomic mass is 10.5. The zero-order valence-corrected chi connectivity index (χ0v) is 5.76. The lowest BCUT2D eigenvalue weighted by Gasteiger charge is -2.03. The van der Waals surface area contributed by atoms with Gasteiger partial charge in [-0.1, -0.05) is 0 Å². The standard InChI is InChI=1S/C3H7NO2S2/c5-8(6)4-1-3-2-7-3/h3-4H,1-2H2,(H,5,6)/p-1. The Kier molecular flexibility index (Phi) is 2.30. The van der Waals surface area contributed by atoms with Crippen molar-refractivity contribution in [3.05, 3.63) is 0 Å². The van der Waals surface area contributed by atoms with Crippen molar-refractivity contribution in [3.8, 4) is 0 Å². The van der Waals surface area contributed by atoms with Crippen LogP contribution in [0.3, 0.4) is 0 Å². The third kappa shape index (κ3) is 2.66. The number of rotatable bonds is 3. The smallest absolute Gasteiger partial charge is 0.0273 e. The second kappa shape index (κ2) is 2.82. The van der Waals surface area contributed by atoms with Gasteiger partial charge >= 0.3 is 0 Å². The van der Waals surface area contributed by atoms with Gasteiger partial charge in [-0.25, -0.2) is 4.72 Å². The van der Waals surface area contributed by atoms with Crippen molar-refractivity contribution in [3.63, 3.8) is 0 Å². The molecule has 5 heteroatoms. The number of nitrogens with one attached hydrogen (secondary N) is 1. The zero-order chi connectivity index (χ0) is 5.98. The lowest BCUT2D eigenvalue weighted by Crippen LogP contribution is -2.20. The van der Waals surface area contributed by atoms with E-state index in [0.717, 1.165) is 5.75 Å². The van der Waals surface area contributed by atoms with Crippen LogP contribution < -0.4 is 4.72 Å². The van der Waals surface area contributed by atoms with Crippen LogP contribution in [0.25, 0.3) is 0 Å². The van der Waals surface area contributed by atoms with Gasteiger partial charge in [-0.15, -0.1) is 0 Å². The third-order valence-corrected chi connectivity index (χ3v) is 2.20.